The minimum Gasteiger partial charge on any atom is -0.507 e. The molecule has 3 aliphatic rings. The number of methoxy groups -OCH3 is 1. The molecule has 9 nitrogen and oxygen atoms in total. The van der Waals surface area contributed by atoms with E-state index in [1.807, 2.05) is 12.1 Å². The van der Waals surface area contributed by atoms with Gasteiger partial charge in [-0.15, -0.1) is 10.2 Å². The molecule has 198 valence electrons. The van der Waals surface area contributed by atoms with Crippen LogP contribution in [0.3, 0.4) is 0 Å². The number of aromatic nitrogens is 2. The molecule has 5 rings (SSSR count). The number of fused-ring (bicyclic) bond motifs is 1. The number of hydrogen-bond acceptors (Lipinski definition) is 9. The molecule has 12 heteroatoms. The van der Waals surface area contributed by atoms with Gasteiger partial charge in [0.15, 0.2) is 11.5 Å². The summed E-state index contributed by atoms with van der Waals surface area (Å²) >= 11 is 1.12. The van der Waals surface area contributed by atoms with Crippen LogP contribution in [0.1, 0.15) is 48.2 Å². The Hall–Kier alpha value is -2.93. The number of hydrogen-bond donors (Lipinski definition) is 2. The molecule has 2 fully saturated rings. The number of ether oxygens (including phenoxy) is 1. The Balaban J connectivity index is 1.46. The lowest BCUT2D eigenvalue weighted by atomic mass is 9.77. The molecule has 2 aliphatic heterocycles. The summed E-state index contributed by atoms with van der Waals surface area (Å²) in [6.07, 6.45) is 2.98. The van der Waals surface area contributed by atoms with Crippen LogP contribution in [0.5, 0.6) is 0 Å². The van der Waals surface area contributed by atoms with E-state index in [4.69, 9.17) is 4.74 Å². The second-order valence-electron chi connectivity index (χ2n) is 10.0. The number of benzene rings is 1. The van der Waals surface area contributed by atoms with Gasteiger partial charge in [-0.3, -0.25) is 9.80 Å². The third-order valence-corrected chi connectivity index (χ3v) is 8.99. The standard InChI is InChI=1S/C25H29F2N5O4S/c1-24(36-4)7-9-25(10-8-24)30(2)23(35)19-21(34)20(33)16(13-32(19)31(25)3)22-29-28-18(37-22)11-14-5-6-15(26)12-17(14)27/h5-6,12-13,20,33-34H,7-11H2,1-4H3. The van der Waals surface area contributed by atoms with Gasteiger partial charge in [-0.05, 0) is 44.2 Å². The van der Waals surface area contributed by atoms with Crippen molar-refractivity contribution in [2.24, 2.45) is 0 Å². The molecular weight excluding hydrogens is 504 g/mol. The van der Waals surface area contributed by atoms with E-state index in [2.05, 4.69) is 17.1 Å². The van der Waals surface area contributed by atoms with Crippen LogP contribution in [0, 0.1) is 11.6 Å². The number of rotatable bonds is 4. The zero-order valence-corrected chi connectivity index (χ0v) is 21.8. The number of likely N-dealkylation sites (N-methyl/N-ethyl adjacent to an activating group) is 1. The Morgan fingerprint density at radius 3 is 2.54 bits per heavy atom. The summed E-state index contributed by atoms with van der Waals surface area (Å²) in [6, 6.07) is 3.34. The van der Waals surface area contributed by atoms with Gasteiger partial charge in [-0.2, -0.15) is 5.01 Å². The summed E-state index contributed by atoms with van der Waals surface area (Å²) < 4.78 is 33.1. The SMILES string of the molecule is COC1(C)CCC2(CC1)N(C)C(=O)C1=C(O)C(O)C(c3nnc(Cc4ccc(F)cc4F)s3)=CN1N2C. The topological polar surface area (TPSA) is 102 Å². The first kappa shape index (κ1) is 25.7. The summed E-state index contributed by atoms with van der Waals surface area (Å²) in [5, 5.41) is 34.4. The van der Waals surface area contributed by atoms with Crippen molar-refractivity contribution in [3.8, 4) is 0 Å². The van der Waals surface area contributed by atoms with Crippen LogP contribution in [0.2, 0.25) is 0 Å². The van der Waals surface area contributed by atoms with Crippen molar-refractivity contribution in [2.45, 2.75) is 56.4 Å². The van der Waals surface area contributed by atoms with Crippen molar-refractivity contribution in [3.63, 3.8) is 0 Å². The molecule has 1 amide bonds. The molecule has 1 saturated carbocycles. The van der Waals surface area contributed by atoms with Crippen LogP contribution in [-0.4, -0.2) is 79.8 Å². The summed E-state index contributed by atoms with van der Waals surface area (Å²) in [6.45, 7) is 2.06. The quantitative estimate of drug-likeness (QED) is 0.618. The van der Waals surface area contributed by atoms with E-state index in [0.717, 1.165) is 30.2 Å². The zero-order chi connectivity index (χ0) is 26.7. The van der Waals surface area contributed by atoms with E-state index in [-0.39, 0.29) is 28.9 Å². The van der Waals surface area contributed by atoms with Gasteiger partial charge in [0.1, 0.15) is 33.4 Å². The van der Waals surface area contributed by atoms with Gasteiger partial charge in [-0.1, -0.05) is 17.4 Å². The largest absolute Gasteiger partial charge is 0.507 e. The van der Waals surface area contributed by atoms with Gasteiger partial charge < -0.3 is 19.8 Å². The fraction of sp³-hybridized carbons (Fsp3) is 0.480. The van der Waals surface area contributed by atoms with Crippen molar-refractivity contribution >= 4 is 22.8 Å². The molecule has 0 bridgehead atoms. The molecule has 1 unspecified atom stereocenters. The average Bonchev–Trinajstić information content (AvgIpc) is 3.34. The minimum absolute atomic E-state index is 0.0231. The lowest BCUT2D eigenvalue weighted by Crippen LogP contribution is -2.71. The van der Waals surface area contributed by atoms with Gasteiger partial charge in [-0.25, -0.2) is 8.78 Å². The third kappa shape index (κ3) is 4.12. The van der Waals surface area contributed by atoms with E-state index in [9.17, 15) is 23.8 Å². The summed E-state index contributed by atoms with van der Waals surface area (Å²) in [4.78, 5) is 15.1. The molecule has 3 heterocycles. The lowest BCUT2D eigenvalue weighted by molar-refractivity contribution is -0.199. The van der Waals surface area contributed by atoms with Crippen LogP contribution >= 0.6 is 11.3 Å². The number of halogens is 2. The number of carbonyl (C=O) groups is 1. The van der Waals surface area contributed by atoms with Crippen LogP contribution in [0.4, 0.5) is 8.78 Å². The summed E-state index contributed by atoms with van der Waals surface area (Å²) in [5.74, 6) is -2.22. The second-order valence-corrected chi connectivity index (χ2v) is 11.1. The number of carbonyl (C=O) groups excluding carboxylic acids is 1. The summed E-state index contributed by atoms with van der Waals surface area (Å²) in [7, 11) is 5.25. The number of aliphatic hydroxyl groups excluding tert-OH is 2. The molecule has 0 radical (unpaired) electrons. The molecule has 1 aromatic carbocycles. The Morgan fingerprint density at radius 2 is 1.89 bits per heavy atom. The van der Waals surface area contributed by atoms with Crippen molar-refractivity contribution < 1.29 is 28.5 Å². The molecule has 37 heavy (non-hydrogen) atoms. The lowest BCUT2D eigenvalue weighted by Gasteiger charge is -2.59. The van der Waals surface area contributed by atoms with E-state index in [1.165, 1.54) is 12.1 Å². The fourth-order valence-corrected chi connectivity index (χ4v) is 6.25. The highest BCUT2D eigenvalue weighted by Gasteiger charge is 2.55. The monoisotopic (exact) mass is 533 g/mol. The first-order valence-electron chi connectivity index (χ1n) is 12.0. The van der Waals surface area contributed by atoms with Crippen molar-refractivity contribution in [1.82, 2.24) is 25.1 Å². The predicted molar refractivity (Wildman–Crippen MR) is 132 cm³/mol. The molecule has 1 atom stereocenters. The Kier molecular flexibility index (Phi) is 6.34. The maximum absolute atomic E-state index is 14.1. The number of aliphatic hydroxyl groups is 2. The van der Waals surface area contributed by atoms with E-state index in [1.54, 1.807) is 30.3 Å². The van der Waals surface area contributed by atoms with E-state index >= 15 is 0 Å². The van der Waals surface area contributed by atoms with Crippen molar-refractivity contribution in [2.75, 3.05) is 21.2 Å². The first-order chi connectivity index (χ1) is 17.5. The highest BCUT2D eigenvalue weighted by Crippen LogP contribution is 2.47. The highest BCUT2D eigenvalue weighted by molar-refractivity contribution is 7.12. The molecule has 1 saturated heterocycles. The average molecular weight is 534 g/mol. The Morgan fingerprint density at radius 1 is 1.19 bits per heavy atom. The first-order valence-corrected chi connectivity index (χ1v) is 12.8. The number of nitrogens with zero attached hydrogens (tertiary/aromatic N) is 5. The van der Waals surface area contributed by atoms with Crippen molar-refractivity contribution in [1.29, 1.82) is 0 Å². The van der Waals surface area contributed by atoms with Gasteiger partial charge in [0, 0.05) is 45.5 Å². The normalized spacial score (nSPS) is 28.7. The minimum atomic E-state index is -1.49. The second kappa shape index (κ2) is 9.12. The molecule has 1 aromatic heterocycles. The Bertz CT molecular complexity index is 1300. The zero-order valence-electron chi connectivity index (χ0n) is 21.0. The molecular formula is C25H29F2N5O4S. The smallest absolute Gasteiger partial charge is 0.276 e. The van der Waals surface area contributed by atoms with Crippen LogP contribution in [0.25, 0.3) is 5.57 Å². The summed E-state index contributed by atoms with van der Waals surface area (Å²) in [5.41, 5.74) is -0.416. The molecule has 1 spiro atoms. The highest BCUT2D eigenvalue weighted by atomic mass is 32.1. The van der Waals surface area contributed by atoms with E-state index < -0.39 is 35.1 Å². The van der Waals surface area contributed by atoms with Crippen LogP contribution < -0.4 is 0 Å². The fourth-order valence-electron chi connectivity index (χ4n) is 5.35. The number of hydrazine groups is 1. The van der Waals surface area contributed by atoms with Crippen LogP contribution in [0.15, 0.2) is 35.9 Å². The van der Waals surface area contributed by atoms with E-state index in [0.29, 0.717) is 22.9 Å². The van der Waals surface area contributed by atoms with Gasteiger partial charge >= 0.3 is 0 Å². The molecule has 2 N–H and O–H groups in total. The van der Waals surface area contributed by atoms with Crippen LogP contribution in [-0.2, 0) is 16.0 Å². The maximum atomic E-state index is 14.1. The van der Waals surface area contributed by atoms with Gasteiger partial charge in [0.2, 0.25) is 0 Å². The predicted octanol–water partition coefficient (Wildman–Crippen LogP) is 3.19. The van der Waals surface area contributed by atoms with Gasteiger partial charge in [0.25, 0.3) is 5.91 Å². The molecule has 1 aliphatic carbocycles. The molecule has 2 aromatic rings. The number of amides is 1. The Labute approximate surface area is 217 Å². The van der Waals surface area contributed by atoms with Gasteiger partial charge in [0.05, 0.1) is 5.60 Å². The third-order valence-electron chi connectivity index (χ3n) is 8.02. The maximum Gasteiger partial charge on any atom is 0.276 e. The van der Waals surface area contributed by atoms with Crippen molar-refractivity contribution in [3.05, 3.63) is 63.1 Å².